The summed E-state index contributed by atoms with van der Waals surface area (Å²) < 4.78 is 0. The Morgan fingerprint density at radius 2 is 1.48 bits per heavy atom. The summed E-state index contributed by atoms with van der Waals surface area (Å²) in [5.74, 6) is -2.91. The third kappa shape index (κ3) is 8.48. The molecule has 0 spiro atoms. The van der Waals surface area contributed by atoms with Gasteiger partial charge in [-0.25, -0.2) is 0 Å². The molecule has 9 nitrogen and oxygen atoms in total. The highest BCUT2D eigenvalue weighted by atomic mass is 16.4. The van der Waals surface area contributed by atoms with Gasteiger partial charge in [0.05, 0.1) is 12.6 Å². The summed E-state index contributed by atoms with van der Waals surface area (Å²) in [5, 5.41) is 15.7. The van der Waals surface area contributed by atoms with Crippen molar-refractivity contribution >= 4 is 23.7 Å². The number of carbonyl (C=O) groups is 4. The van der Waals surface area contributed by atoms with Gasteiger partial charge in [-0.3, -0.25) is 19.2 Å². The van der Waals surface area contributed by atoms with Crippen LogP contribution in [0.1, 0.15) is 40.5 Å². The van der Waals surface area contributed by atoms with Crippen LogP contribution >= 0.6 is 0 Å². The fourth-order valence-electron chi connectivity index (χ4n) is 1.98. The van der Waals surface area contributed by atoms with Crippen LogP contribution in [-0.4, -0.2) is 54.0 Å². The largest absolute Gasteiger partial charge is 0.480 e. The van der Waals surface area contributed by atoms with Crippen molar-refractivity contribution in [3.8, 4) is 0 Å². The topological polar surface area (TPSA) is 151 Å². The molecule has 6 N–H and O–H groups in total. The lowest BCUT2D eigenvalue weighted by molar-refractivity contribution is -0.138. The summed E-state index contributed by atoms with van der Waals surface area (Å²) in [5.41, 5.74) is 5.89. The molecule has 0 aliphatic carbocycles. The molecule has 4 atom stereocenters. The van der Waals surface area contributed by atoms with Gasteiger partial charge in [0.25, 0.3) is 0 Å². The Morgan fingerprint density at radius 3 is 1.96 bits per heavy atom. The van der Waals surface area contributed by atoms with Crippen LogP contribution in [0.3, 0.4) is 0 Å². The summed E-state index contributed by atoms with van der Waals surface area (Å²) in [6.45, 7) is 6.58. The second kappa shape index (κ2) is 11.4. The quantitative estimate of drug-likeness (QED) is 0.326. The first kappa shape index (κ1) is 22.8. The van der Waals surface area contributed by atoms with E-state index in [9.17, 15) is 19.2 Å². The van der Waals surface area contributed by atoms with E-state index >= 15 is 0 Å². The fraction of sp³-hybridized carbons (Fsp3) is 0.750. The number of amides is 3. The Kier molecular flexibility index (Phi) is 10.4. The molecule has 0 aliphatic rings. The average molecular weight is 358 g/mol. The third-order valence-corrected chi connectivity index (χ3v) is 4.21. The smallest absolute Gasteiger partial charge is 0.322 e. The van der Waals surface area contributed by atoms with Crippen molar-refractivity contribution in [2.24, 2.45) is 17.6 Å². The molecule has 4 unspecified atom stereocenters. The number of aliphatic carboxylic acids is 1. The van der Waals surface area contributed by atoms with Gasteiger partial charge in [0.1, 0.15) is 12.6 Å². The van der Waals surface area contributed by atoms with Crippen molar-refractivity contribution in [3.63, 3.8) is 0 Å². The van der Waals surface area contributed by atoms with Gasteiger partial charge in [-0.15, -0.1) is 0 Å². The number of rotatable bonds is 11. The second-order valence-corrected chi connectivity index (χ2v) is 6.17. The minimum Gasteiger partial charge on any atom is -0.480 e. The van der Waals surface area contributed by atoms with Crippen LogP contribution in [-0.2, 0) is 19.2 Å². The maximum absolute atomic E-state index is 12.3. The summed E-state index contributed by atoms with van der Waals surface area (Å²) in [6.07, 6.45) is 1.38. The number of hydrogen-bond acceptors (Lipinski definition) is 5. The van der Waals surface area contributed by atoms with Gasteiger partial charge in [0.2, 0.25) is 17.7 Å². The van der Waals surface area contributed by atoms with Gasteiger partial charge in [0.15, 0.2) is 0 Å². The van der Waals surface area contributed by atoms with Crippen LogP contribution in [0.2, 0.25) is 0 Å². The molecule has 0 heterocycles. The van der Waals surface area contributed by atoms with E-state index < -0.39 is 42.3 Å². The average Bonchev–Trinajstić information content (AvgIpc) is 2.59. The molecule has 144 valence electrons. The Labute approximate surface area is 148 Å². The molecule has 0 bridgehead atoms. The summed E-state index contributed by atoms with van der Waals surface area (Å²) in [6, 6.07) is -1.54. The molecule has 0 aromatic heterocycles. The molecule has 0 aromatic carbocycles. The lowest BCUT2D eigenvalue weighted by Crippen LogP contribution is -2.56. The predicted octanol–water partition coefficient (Wildman–Crippen LogP) is -0.792. The molecule has 0 fully saturated rings. The first-order valence-electron chi connectivity index (χ1n) is 8.46. The number of nitrogens with two attached hydrogens (primary N) is 1. The van der Waals surface area contributed by atoms with E-state index in [4.69, 9.17) is 10.8 Å². The van der Waals surface area contributed by atoms with Crippen LogP contribution in [0.5, 0.6) is 0 Å². The van der Waals surface area contributed by atoms with E-state index in [0.717, 1.165) is 6.42 Å². The van der Waals surface area contributed by atoms with Gasteiger partial charge in [0, 0.05) is 0 Å². The van der Waals surface area contributed by atoms with Gasteiger partial charge >= 0.3 is 5.97 Å². The molecule has 0 radical (unpaired) electrons. The highest BCUT2D eigenvalue weighted by Crippen LogP contribution is 2.10. The summed E-state index contributed by atoms with van der Waals surface area (Å²) in [7, 11) is 0. The molecule has 0 aliphatic heterocycles. The SMILES string of the molecule is CCC(C)C(N)C(=O)NC(C(=O)NCC(=O)NCC(=O)O)C(C)CC. The minimum absolute atomic E-state index is 0.0255. The number of carboxylic acid groups (broad SMARTS) is 1. The zero-order valence-electron chi connectivity index (χ0n) is 15.3. The number of nitrogens with one attached hydrogen (secondary N) is 3. The molecule has 25 heavy (non-hydrogen) atoms. The van der Waals surface area contributed by atoms with Crippen molar-refractivity contribution in [1.82, 2.24) is 16.0 Å². The predicted molar refractivity (Wildman–Crippen MR) is 92.5 cm³/mol. The van der Waals surface area contributed by atoms with Crippen molar-refractivity contribution < 1.29 is 24.3 Å². The molecule has 3 amide bonds. The number of carboxylic acids is 1. The summed E-state index contributed by atoms with van der Waals surface area (Å²) in [4.78, 5) is 46.4. The first-order valence-corrected chi connectivity index (χ1v) is 8.46. The van der Waals surface area contributed by atoms with E-state index in [1.165, 1.54) is 0 Å². The van der Waals surface area contributed by atoms with Crippen LogP contribution in [0.25, 0.3) is 0 Å². The zero-order chi connectivity index (χ0) is 19.6. The van der Waals surface area contributed by atoms with Crippen LogP contribution in [0, 0.1) is 11.8 Å². The summed E-state index contributed by atoms with van der Waals surface area (Å²) >= 11 is 0. The monoisotopic (exact) mass is 358 g/mol. The molecule has 0 aromatic rings. The maximum atomic E-state index is 12.3. The minimum atomic E-state index is -1.18. The molecular formula is C16H30N4O5. The molecule has 0 saturated carbocycles. The normalized spacial score (nSPS) is 15.4. The van der Waals surface area contributed by atoms with Gasteiger partial charge in [-0.2, -0.15) is 0 Å². The van der Waals surface area contributed by atoms with Crippen molar-refractivity contribution in [2.45, 2.75) is 52.6 Å². The van der Waals surface area contributed by atoms with Crippen LogP contribution in [0.4, 0.5) is 0 Å². The van der Waals surface area contributed by atoms with Crippen LogP contribution in [0.15, 0.2) is 0 Å². The van der Waals surface area contributed by atoms with Gasteiger partial charge < -0.3 is 26.8 Å². The van der Waals surface area contributed by atoms with Gasteiger partial charge in [-0.05, 0) is 11.8 Å². The number of hydrogen-bond donors (Lipinski definition) is 5. The van der Waals surface area contributed by atoms with Crippen LogP contribution < -0.4 is 21.7 Å². The molecule has 0 saturated heterocycles. The highest BCUT2D eigenvalue weighted by molar-refractivity contribution is 5.92. The lowest BCUT2D eigenvalue weighted by atomic mass is 9.95. The Balaban J connectivity index is 4.75. The molecular weight excluding hydrogens is 328 g/mol. The Morgan fingerprint density at radius 1 is 0.920 bits per heavy atom. The first-order chi connectivity index (χ1) is 11.6. The maximum Gasteiger partial charge on any atom is 0.322 e. The number of carbonyl (C=O) groups excluding carboxylic acids is 3. The molecule has 0 rings (SSSR count). The Hall–Kier alpha value is -2.16. The Bertz CT molecular complexity index is 483. The standard InChI is InChI=1S/C16H30N4O5/c1-5-9(3)13(17)15(24)20-14(10(4)6-2)16(25)19-7-11(21)18-8-12(22)23/h9-10,13-14H,5-8,17H2,1-4H3,(H,18,21)(H,19,25)(H,20,24)(H,22,23). The zero-order valence-corrected chi connectivity index (χ0v) is 15.3. The van der Waals surface area contributed by atoms with Gasteiger partial charge in [-0.1, -0.05) is 40.5 Å². The fourth-order valence-corrected chi connectivity index (χ4v) is 1.98. The molecule has 9 heteroatoms. The van der Waals surface area contributed by atoms with E-state index in [0.29, 0.717) is 6.42 Å². The van der Waals surface area contributed by atoms with E-state index in [2.05, 4.69) is 16.0 Å². The van der Waals surface area contributed by atoms with E-state index in [1.807, 2.05) is 27.7 Å². The van der Waals surface area contributed by atoms with Crippen molar-refractivity contribution in [2.75, 3.05) is 13.1 Å². The van der Waals surface area contributed by atoms with E-state index in [-0.39, 0.29) is 18.4 Å². The third-order valence-electron chi connectivity index (χ3n) is 4.21. The highest BCUT2D eigenvalue weighted by Gasteiger charge is 2.29. The van der Waals surface area contributed by atoms with Crippen molar-refractivity contribution in [3.05, 3.63) is 0 Å². The second-order valence-electron chi connectivity index (χ2n) is 6.17. The van der Waals surface area contributed by atoms with Crippen molar-refractivity contribution in [1.29, 1.82) is 0 Å². The van der Waals surface area contributed by atoms with E-state index in [1.54, 1.807) is 0 Å². The lowest BCUT2D eigenvalue weighted by Gasteiger charge is -2.26.